The average Bonchev–Trinajstić information content (AvgIpc) is 4.14. The highest BCUT2D eigenvalue weighted by molar-refractivity contribution is 6.20. The van der Waals surface area contributed by atoms with Crippen LogP contribution in [-0.2, 0) is 5.41 Å². The number of anilines is 3. The van der Waals surface area contributed by atoms with Crippen LogP contribution < -0.4 is 4.90 Å². The van der Waals surface area contributed by atoms with Crippen LogP contribution in [-0.4, -0.2) is 4.57 Å². The Morgan fingerprint density at radius 2 is 0.946 bits per heavy atom. The van der Waals surface area contributed by atoms with E-state index in [0.717, 1.165) is 77.7 Å². The number of fused-ring (bicyclic) bond motifs is 11. The van der Waals surface area contributed by atoms with Gasteiger partial charge in [-0.2, -0.15) is 0 Å². The minimum atomic E-state index is -0.565. The molecule has 2 heterocycles. The van der Waals surface area contributed by atoms with Crippen LogP contribution in [0.3, 0.4) is 0 Å². The summed E-state index contributed by atoms with van der Waals surface area (Å²) < 4.78 is 9.19. The van der Waals surface area contributed by atoms with Crippen LogP contribution in [0.15, 0.2) is 283 Å². The third-order valence-corrected chi connectivity index (χ3v) is 15.7. The Labute approximate surface area is 429 Å². The zero-order chi connectivity index (χ0) is 48.7. The Morgan fingerprint density at radius 1 is 0.351 bits per heavy atom. The first-order valence-electron chi connectivity index (χ1n) is 25.5. The molecule has 12 aromatic carbocycles. The molecule has 3 nitrogen and oxygen atoms in total. The highest BCUT2D eigenvalue weighted by atomic mass is 16.3. The van der Waals surface area contributed by atoms with E-state index in [1.54, 1.807) is 0 Å². The summed E-state index contributed by atoms with van der Waals surface area (Å²) in [7, 11) is 0. The molecule has 14 aromatic rings. The smallest absolute Gasteiger partial charge is 0.143 e. The van der Waals surface area contributed by atoms with Gasteiger partial charge >= 0.3 is 0 Å². The van der Waals surface area contributed by atoms with Gasteiger partial charge < -0.3 is 13.9 Å². The standard InChI is InChI=1S/C71H46N2O/c1-3-21-50(22-4-1)71(51-23-5-2-6-24-51)63-32-13-9-27-56(63)57-44-42-54(46-64(57)71)72(65-33-14-12-30-60(65)61-31-18-36-68-69(61)62-43-39-48-19-7-8-26-55(48)70(62)74-68)52-40-37-47(38-41-52)49-20-17-25-53(45-49)73-66-34-15-10-28-58(66)59-29-11-16-35-67(59)73/h1-46H. The SMILES string of the molecule is c1ccc(C2(c3ccccc3)c3ccccc3-c3ccc(N(c4ccc(-c5cccc(-n6c7ccccc7c7ccccc76)c5)cc4)c4ccccc4-c4cccc5oc6c7ccccc7ccc6c45)cc32)cc1. The van der Waals surface area contributed by atoms with E-state index < -0.39 is 5.41 Å². The molecule has 0 saturated carbocycles. The number of furan rings is 1. The van der Waals surface area contributed by atoms with Gasteiger partial charge in [0, 0.05) is 49.6 Å². The highest BCUT2D eigenvalue weighted by Gasteiger charge is 2.46. The van der Waals surface area contributed by atoms with Crippen molar-refractivity contribution in [2.24, 2.45) is 0 Å². The van der Waals surface area contributed by atoms with E-state index >= 15 is 0 Å². The summed E-state index contributed by atoms with van der Waals surface area (Å²) in [5.41, 5.74) is 20.0. The Kier molecular flexibility index (Phi) is 9.48. The number of aromatic nitrogens is 1. The molecule has 0 unspecified atom stereocenters. The normalized spacial score (nSPS) is 12.7. The number of para-hydroxylation sites is 3. The summed E-state index contributed by atoms with van der Waals surface area (Å²) in [6.07, 6.45) is 0. The van der Waals surface area contributed by atoms with Gasteiger partial charge in [-0.25, -0.2) is 0 Å². The maximum Gasteiger partial charge on any atom is 0.143 e. The van der Waals surface area contributed by atoms with Crippen LogP contribution in [0.25, 0.3) is 93.6 Å². The Balaban J connectivity index is 0.942. The van der Waals surface area contributed by atoms with E-state index in [9.17, 15) is 0 Å². The van der Waals surface area contributed by atoms with Crippen molar-refractivity contribution in [1.82, 2.24) is 4.57 Å². The average molecular weight is 943 g/mol. The third-order valence-electron chi connectivity index (χ3n) is 15.7. The highest BCUT2D eigenvalue weighted by Crippen LogP contribution is 2.58. The quantitative estimate of drug-likeness (QED) is 0.151. The molecule has 0 amide bonds. The molecular weight excluding hydrogens is 897 g/mol. The van der Waals surface area contributed by atoms with Crippen molar-refractivity contribution in [3.8, 4) is 39.1 Å². The molecule has 0 radical (unpaired) electrons. The Morgan fingerprint density at radius 3 is 1.70 bits per heavy atom. The predicted octanol–water partition coefficient (Wildman–Crippen LogP) is 19.0. The van der Waals surface area contributed by atoms with Crippen LogP contribution >= 0.6 is 0 Å². The molecule has 0 saturated heterocycles. The van der Waals surface area contributed by atoms with Crippen LogP contribution in [0.4, 0.5) is 17.1 Å². The molecule has 0 aliphatic heterocycles. The van der Waals surface area contributed by atoms with Gasteiger partial charge in [0.25, 0.3) is 0 Å². The summed E-state index contributed by atoms with van der Waals surface area (Å²) >= 11 is 0. The summed E-state index contributed by atoms with van der Waals surface area (Å²) in [5, 5.41) is 7.00. The van der Waals surface area contributed by atoms with Crippen molar-refractivity contribution in [3.63, 3.8) is 0 Å². The van der Waals surface area contributed by atoms with Crippen molar-refractivity contribution < 1.29 is 4.42 Å². The van der Waals surface area contributed by atoms with Gasteiger partial charge in [0.2, 0.25) is 0 Å². The Bertz CT molecular complexity index is 4390. The van der Waals surface area contributed by atoms with Gasteiger partial charge in [0.1, 0.15) is 11.2 Å². The zero-order valence-electron chi connectivity index (χ0n) is 40.4. The molecular formula is C71H46N2O. The number of nitrogens with zero attached hydrogens (tertiary/aromatic N) is 2. The molecule has 0 fully saturated rings. The largest absolute Gasteiger partial charge is 0.455 e. The van der Waals surface area contributed by atoms with Crippen molar-refractivity contribution in [1.29, 1.82) is 0 Å². The van der Waals surface area contributed by atoms with Crippen molar-refractivity contribution in [3.05, 3.63) is 301 Å². The van der Waals surface area contributed by atoms with E-state index in [1.807, 2.05) is 0 Å². The first kappa shape index (κ1) is 42.0. The number of hydrogen-bond donors (Lipinski definition) is 0. The fraction of sp³-hybridized carbons (Fsp3) is 0.0141. The lowest BCUT2D eigenvalue weighted by Gasteiger charge is -2.35. The second-order valence-corrected chi connectivity index (χ2v) is 19.5. The topological polar surface area (TPSA) is 21.3 Å². The summed E-state index contributed by atoms with van der Waals surface area (Å²) in [6, 6.07) is 102. The van der Waals surface area contributed by atoms with Crippen molar-refractivity contribution in [2.75, 3.05) is 4.90 Å². The van der Waals surface area contributed by atoms with Crippen molar-refractivity contribution >= 4 is 71.6 Å². The molecule has 0 spiro atoms. The second-order valence-electron chi connectivity index (χ2n) is 19.5. The molecule has 3 heteroatoms. The second kappa shape index (κ2) is 16.7. The van der Waals surface area contributed by atoms with Gasteiger partial charge in [-0.1, -0.05) is 212 Å². The van der Waals surface area contributed by atoms with Gasteiger partial charge in [-0.3, -0.25) is 0 Å². The fourth-order valence-corrected chi connectivity index (χ4v) is 12.5. The number of hydrogen-bond acceptors (Lipinski definition) is 2. The fourth-order valence-electron chi connectivity index (χ4n) is 12.5. The van der Waals surface area contributed by atoms with Crippen LogP contribution in [0.1, 0.15) is 22.3 Å². The monoisotopic (exact) mass is 942 g/mol. The maximum atomic E-state index is 6.80. The van der Waals surface area contributed by atoms with Gasteiger partial charge in [-0.15, -0.1) is 0 Å². The molecule has 0 bridgehead atoms. The Hall–Kier alpha value is -9.70. The lowest BCUT2D eigenvalue weighted by molar-refractivity contribution is 0.673. The van der Waals surface area contributed by atoms with E-state index in [4.69, 9.17) is 4.42 Å². The zero-order valence-corrected chi connectivity index (χ0v) is 40.4. The number of benzene rings is 12. The minimum absolute atomic E-state index is 0.565. The summed E-state index contributed by atoms with van der Waals surface area (Å²) in [5.74, 6) is 0. The van der Waals surface area contributed by atoms with Crippen LogP contribution in [0, 0.1) is 0 Å². The van der Waals surface area contributed by atoms with Crippen LogP contribution in [0.5, 0.6) is 0 Å². The molecule has 1 aliphatic rings. The van der Waals surface area contributed by atoms with Gasteiger partial charge in [0.15, 0.2) is 0 Å². The molecule has 0 atom stereocenters. The van der Waals surface area contributed by atoms with E-state index in [2.05, 4.69) is 289 Å². The van der Waals surface area contributed by atoms with Crippen LogP contribution in [0.2, 0.25) is 0 Å². The lowest BCUT2D eigenvalue weighted by atomic mass is 9.67. The van der Waals surface area contributed by atoms with Gasteiger partial charge in [0.05, 0.1) is 22.1 Å². The lowest BCUT2D eigenvalue weighted by Crippen LogP contribution is -2.28. The maximum absolute atomic E-state index is 6.80. The third kappa shape index (κ3) is 6.27. The molecule has 2 aromatic heterocycles. The predicted molar refractivity (Wildman–Crippen MR) is 308 cm³/mol. The molecule has 346 valence electrons. The first-order chi connectivity index (χ1) is 36.7. The molecule has 0 N–H and O–H groups in total. The summed E-state index contributed by atoms with van der Waals surface area (Å²) in [6.45, 7) is 0. The number of rotatable bonds is 8. The van der Waals surface area contributed by atoms with E-state index in [-0.39, 0.29) is 0 Å². The molecule has 1 aliphatic carbocycles. The van der Waals surface area contributed by atoms with E-state index in [0.29, 0.717) is 0 Å². The molecule has 15 rings (SSSR count). The van der Waals surface area contributed by atoms with E-state index in [1.165, 1.54) is 55.2 Å². The minimum Gasteiger partial charge on any atom is -0.455 e. The first-order valence-corrected chi connectivity index (χ1v) is 25.5. The molecule has 74 heavy (non-hydrogen) atoms. The van der Waals surface area contributed by atoms with Gasteiger partial charge in [-0.05, 0) is 122 Å². The summed E-state index contributed by atoms with van der Waals surface area (Å²) in [4.78, 5) is 2.47. The van der Waals surface area contributed by atoms with Crippen molar-refractivity contribution in [2.45, 2.75) is 5.41 Å².